The summed E-state index contributed by atoms with van der Waals surface area (Å²) >= 11 is 5.93. The lowest BCUT2D eigenvalue weighted by atomic mass is 10.2. The van der Waals surface area contributed by atoms with Crippen LogP contribution in [0.5, 0.6) is 0 Å². The lowest BCUT2D eigenvalue weighted by molar-refractivity contribution is 0.205. The van der Waals surface area contributed by atoms with Gasteiger partial charge in [0.25, 0.3) is 0 Å². The monoisotopic (exact) mass is 396 g/mol. The van der Waals surface area contributed by atoms with Crippen molar-refractivity contribution >= 4 is 30.9 Å². The van der Waals surface area contributed by atoms with Crippen LogP contribution >= 0.6 is 19.2 Å². The molecule has 0 aromatic heterocycles. The maximum atomic E-state index is 13.2. The molecule has 2 rings (SSSR count). The molecule has 6 nitrogen and oxygen atoms in total. The van der Waals surface area contributed by atoms with E-state index in [0.29, 0.717) is 16.3 Å². The second kappa shape index (κ2) is 9.74. The van der Waals surface area contributed by atoms with Gasteiger partial charge in [-0.25, -0.2) is 4.79 Å². The number of halogens is 1. The van der Waals surface area contributed by atoms with Crippen molar-refractivity contribution in [3.8, 4) is 0 Å². The van der Waals surface area contributed by atoms with E-state index in [0.717, 1.165) is 0 Å². The molecular weight excluding hydrogens is 375 g/mol. The number of nitrogens with one attached hydrogen (secondary N) is 2. The summed E-state index contributed by atoms with van der Waals surface area (Å²) in [5.41, 5.74) is 1.14. The van der Waals surface area contributed by atoms with Crippen molar-refractivity contribution in [2.45, 2.75) is 19.6 Å². The van der Waals surface area contributed by atoms with Crippen molar-refractivity contribution < 1.29 is 18.4 Å². The van der Waals surface area contributed by atoms with Gasteiger partial charge in [-0.15, -0.1) is 0 Å². The molecule has 1 atom stereocenters. The lowest BCUT2D eigenvalue weighted by Crippen LogP contribution is -2.33. The highest BCUT2D eigenvalue weighted by Crippen LogP contribution is 2.59. The Hall–Kier alpha value is -1.85. The molecule has 140 valence electrons. The maximum Gasteiger partial charge on any atom is 0.357 e. The topological polar surface area (TPSA) is 76.7 Å². The fourth-order valence-electron chi connectivity index (χ4n) is 2.38. The molecule has 2 N–H and O–H groups in total. The molecule has 2 aromatic carbocycles. The van der Waals surface area contributed by atoms with Crippen LogP contribution < -0.4 is 10.6 Å². The van der Waals surface area contributed by atoms with Crippen molar-refractivity contribution in [2.24, 2.45) is 0 Å². The smallest absolute Gasteiger partial charge is 0.320 e. The maximum absolute atomic E-state index is 13.2. The molecule has 0 heterocycles. The van der Waals surface area contributed by atoms with Gasteiger partial charge in [-0.3, -0.25) is 4.57 Å². The highest BCUT2D eigenvalue weighted by atomic mass is 35.5. The number of anilines is 1. The van der Waals surface area contributed by atoms with E-state index in [2.05, 4.69) is 10.6 Å². The van der Waals surface area contributed by atoms with Crippen molar-refractivity contribution in [1.82, 2.24) is 5.32 Å². The number of amides is 2. The predicted octanol–water partition coefficient (Wildman–Crippen LogP) is 5.43. The zero-order valence-electron chi connectivity index (χ0n) is 14.6. The minimum absolute atomic E-state index is 0.193. The molecule has 8 heteroatoms. The van der Waals surface area contributed by atoms with Gasteiger partial charge in [-0.1, -0.05) is 48.0 Å². The molecule has 26 heavy (non-hydrogen) atoms. The summed E-state index contributed by atoms with van der Waals surface area (Å²) in [5, 5.41) is 5.87. The molecule has 0 bridgehead atoms. The van der Waals surface area contributed by atoms with Crippen molar-refractivity contribution in [3.05, 3.63) is 65.2 Å². The van der Waals surface area contributed by atoms with Crippen LogP contribution in [0.2, 0.25) is 5.02 Å². The number of rotatable bonds is 8. The third-order valence-electron chi connectivity index (χ3n) is 3.40. The molecule has 0 unspecified atom stereocenters. The van der Waals surface area contributed by atoms with Gasteiger partial charge in [0, 0.05) is 10.7 Å². The average molecular weight is 397 g/mol. The Morgan fingerprint density at radius 3 is 2.31 bits per heavy atom. The molecule has 0 aliphatic heterocycles. The fourth-order valence-corrected chi connectivity index (χ4v) is 4.48. The van der Waals surface area contributed by atoms with Crippen LogP contribution in [0.25, 0.3) is 0 Å². The standard InChI is InChI=1S/C18H22ClN2O4P/c1-3-24-26(23,25-4-2)17(14-9-6-5-7-10-14)21-18(22)20-16-12-8-11-15(19)13-16/h5-13,17H,3-4H2,1-2H3,(H2,20,21,22)/t17-/m1/s1. The lowest BCUT2D eigenvalue weighted by Gasteiger charge is -2.27. The summed E-state index contributed by atoms with van der Waals surface area (Å²) in [7, 11) is -3.62. The van der Waals surface area contributed by atoms with Gasteiger partial charge in [0.15, 0.2) is 5.78 Å². The van der Waals surface area contributed by atoms with Gasteiger partial charge in [-0.2, -0.15) is 0 Å². The second-order valence-electron chi connectivity index (χ2n) is 5.30. The quantitative estimate of drug-likeness (QED) is 0.583. The van der Waals surface area contributed by atoms with E-state index in [9.17, 15) is 9.36 Å². The van der Waals surface area contributed by atoms with E-state index >= 15 is 0 Å². The Kier molecular flexibility index (Phi) is 7.66. The Labute approximate surface area is 158 Å². The van der Waals surface area contributed by atoms with Crippen molar-refractivity contribution in [2.75, 3.05) is 18.5 Å². The first-order chi connectivity index (χ1) is 12.5. The third-order valence-corrected chi connectivity index (χ3v) is 5.93. The number of carbonyl (C=O) groups excluding carboxylic acids is 1. The molecule has 2 aromatic rings. The van der Waals surface area contributed by atoms with E-state index in [1.54, 1.807) is 62.4 Å². The normalized spacial score (nSPS) is 12.4. The molecule has 0 fully saturated rings. The number of carbonyl (C=O) groups is 1. The molecule has 2 amide bonds. The summed E-state index contributed by atoms with van der Waals surface area (Å²) in [5.74, 6) is -0.942. The van der Waals surface area contributed by atoms with Crippen molar-refractivity contribution in [1.29, 1.82) is 0 Å². The van der Waals surface area contributed by atoms with E-state index < -0.39 is 19.4 Å². The highest BCUT2D eigenvalue weighted by molar-refractivity contribution is 7.54. The van der Waals surface area contributed by atoms with Crippen LogP contribution in [0.3, 0.4) is 0 Å². The van der Waals surface area contributed by atoms with Crippen LogP contribution in [-0.4, -0.2) is 19.2 Å². The summed E-state index contributed by atoms with van der Waals surface area (Å²) in [4.78, 5) is 12.5. The first-order valence-electron chi connectivity index (χ1n) is 8.25. The molecule has 0 aliphatic carbocycles. The van der Waals surface area contributed by atoms with Crippen LogP contribution in [0.4, 0.5) is 10.5 Å². The number of urea groups is 1. The number of benzene rings is 2. The first kappa shape index (κ1) is 20.5. The van der Waals surface area contributed by atoms with E-state index in [-0.39, 0.29) is 13.2 Å². The third kappa shape index (κ3) is 5.58. The van der Waals surface area contributed by atoms with Crippen molar-refractivity contribution in [3.63, 3.8) is 0 Å². The zero-order valence-corrected chi connectivity index (χ0v) is 16.3. The number of hydrogen-bond acceptors (Lipinski definition) is 4. The predicted molar refractivity (Wildman–Crippen MR) is 104 cm³/mol. The average Bonchev–Trinajstić information content (AvgIpc) is 2.61. The Bertz CT molecular complexity index is 763. The molecule has 0 spiro atoms. The van der Waals surface area contributed by atoms with Crippen LogP contribution in [0, 0.1) is 0 Å². The minimum atomic E-state index is -3.62. The van der Waals surface area contributed by atoms with Crippen LogP contribution in [0.15, 0.2) is 54.6 Å². The van der Waals surface area contributed by atoms with Gasteiger partial charge < -0.3 is 19.7 Å². The van der Waals surface area contributed by atoms with Gasteiger partial charge in [0.2, 0.25) is 0 Å². The molecule has 0 saturated heterocycles. The molecule has 0 radical (unpaired) electrons. The summed E-state index contributed by atoms with van der Waals surface area (Å²) in [6.07, 6.45) is 0. The molecular formula is C18H22ClN2O4P. The van der Waals surface area contributed by atoms with Gasteiger partial charge in [-0.05, 0) is 37.6 Å². The van der Waals surface area contributed by atoms with E-state index in [1.165, 1.54) is 0 Å². The van der Waals surface area contributed by atoms with Gasteiger partial charge >= 0.3 is 13.6 Å². The highest BCUT2D eigenvalue weighted by Gasteiger charge is 2.38. The Balaban J connectivity index is 2.26. The summed E-state index contributed by atoms with van der Waals surface area (Å²) < 4.78 is 24.1. The van der Waals surface area contributed by atoms with E-state index in [1.807, 2.05) is 6.07 Å². The van der Waals surface area contributed by atoms with Crippen LogP contribution in [0.1, 0.15) is 25.2 Å². The van der Waals surface area contributed by atoms with E-state index in [4.69, 9.17) is 20.6 Å². The van der Waals surface area contributed by atoms with Gasteiger partial charge in [0.1, 0.15) is 0 Å². The zero-order chi connectivity index (χ0) is 19.0. The Morgan fingerprint density at radius 1 is 1.08 bits per heavy atom. The summed E-state index contributed by atoms with van der Waals surface area (Å²) in [6.45, 7) is 3.83. The summed E-state index contributed by atoms with van der Waals surface area (Å²) in [6, 6.07) is 15.1. The Morgan fingerprint density at radius 2 is 1.73 bits per heavy atom. The van der Waals surface area contributed by atoms with Gasteiger partial charge in [0.05, 0.1) is 13.2 Å². The molecule has 0 aliphatic rings. The first-order valence-corrected chi connectivity index (χ1v) is 10.2. The SMILES string of the molecule is CCOP(=O)(OCC)[C@@H](NC(=O)Nc1cccc(Cl)c1)c1ccccc1. The minimum Gasteiger partial charge on any atom is -0.320 e. The number of hydrogen-bond donors (Lipinski definition) is 2. The van der Waals surface area contributed by atoms with Crippen LogP contribution in [-0.2, 0) is 13.6 Å². The molecule has 0 saturated carbocycles. The largest absolute Gasteiger partial charge is 0.357 e. The fraction of sp³-hybridized carbons (Fsp3) is 0.278. The second-order valence-corrected chi connectivity index (χ2v) is 7.85.